The molecule has 0 bridgehead atoms. The van der Waals surface area contributed by atoms with E-state index in [1.165, 1.54) is 11.1 Å². The third kappa shape index (κ3) is 3.82. The number of nitrogens with zero attached hydrogens (tertiary/aromatic N) is 1. The molecule has 0 heterocycles. The van der Waals surface area contributed by atoms with Crippen molar-refractivity contribution >= 4 is 10.0 Å². The maximum atomic E-state index is 12.1. The summed E-state index contributed by atoms with van der Waals surface area (Å²) >= 11 is 0. The first-order chi connectivity index (χ1) is 8.36. The number of hydrogen-bond donors (Lipinski definition) is 2. The van der Waals surface area contributed by atoms with Crippen LogP contribution in [0, 0.1) is 18.8 Å². The zero-order valence-corrected chi connectivity index (χ0v) is 11.4. The Hall–Kier alpha value is -1.39. The minimum absolute atomic E-state index is 0.0998. The number of rotatable bonds is 3. The van der Waals surface area contributed by atoms with Crippen molar-refractivity contribution in [2.45, 2.75) is 11.8 Å². The van der Waals surface area contributed by atoms with Gasteiger partial charge in [-0.05, 0) is 24.6 Å². The Morgan fingerprint density at radius 1 is 1.39 bits per heavy atom. The van der Waals surface area contributed by atoms with Gasteiger partial charge < -0.3 is 5.11 Å². The van der Waals surface area contributed by atoms with Crippen LogP contribution in [0.3, 0.4) is 0 Å². The molecule has 6 heteroatoms. The lowest BCUT2D eigenvalue weighted by atomic mass is 10.1. The van der Waals surface area contributed by atoms with Crippen molar-refractivity contribution in [2.24, 2.45) is 0 Å². The van der Waals surface area contributed by atoms with E-state index in [4.69, 9.17) is 5.11 Å². The molecule has 0 atom stereocenters. The number of aryl methyl sites for hydroxylation is 1. The molecule has 98 valence electrons. The maximum absolute atomic E-state index is 12.1. The number of nitrogens with one attached hydrogen (secondary N) is 1. The second-order valence-corrected chi connectivity index (χ2v) is 5.58. The fourth-order valence-corrected chi connectivity index (χ4v) is 2.63. The van der Waals surface area contributed by atoms with Crippen LogP contribution in [0.5, 0.6) is 0 Å². The Morgan fingerprint density at radius 2 is 2.06 bits per heavy atom. The topological polar surface area (TPSA) is 69.6 Å². The van der Waals surface area contributed by atoms with Crippen LogP contribution in [-0.4, -0.2) is 39.2 Å². The van der Waals surface area contributed by atoms with Gasteiger partial charge in [-0.15, -0.1) is 4.83 Å². The van der Waals surface area contributed by atoms with Crippen molar-refractivity contribution in [2.75, 3.05) is 20.7 Å². The molecule has 0 unspecified atom stereocenters. The van der Waals surface area contributed by atoms with Crippen molar-refractivity contribution in [1.82, 2.24) is 9.84 Å². The first-order valence-corrected chi connectivity index (χ1v) is 6.75. The van der Waals surface area contributed by atoms with Gasteiger partial charge in [0.15, 0.2) is 0 Å². The highest BCUT2D eigenvalue weighted by atomic mass is 32.2. The van der Waals surface area contributed by atoms with Crippen LogP contribution in [0.4, 0.5) is 0 Å². The van der Waals surface area contributed by atoms with Crippen LogP contribution < -0.4 is 4.83 Å². The zero-order chi connectivity index (χ0) is 13.8. The second kappa shape index (κ2) is 5.98. The third-order valence-electron chi connectivity index (χ3n) is 2.03. The summed E-state index contributed by atoms with van der Waals surface area (Å²) in [5, 5.41) is 10.0. The first kappa shape index (κ1) is 14.7. The summed E-state index contributed by atoms with van der Waals surface area (Å²) in [7, 11) is -0.469. The number of hydrazine groups is 1. The van der Waals surface area contributed by atoms with E-state index in [0.29, 0.717) is 5.56 Å². The molecule has 0 saturated heterocycles. The number of benzene rings is 1. The monoisotopic (exact) mass is 268 g/mol. The summed E-state index contributed by atoms with van der Waals surface area (Å²) in [4.78, 5) is 2.45. The highest BCUT2D eigenvalue weighted by Gasteiger charge is 2.18. The molecule has 0 spiro atoms. The van der Waals surface area contributed by atoms with E-state index in [1.807, 2.05) is 6.92 Å². The van der Waals surface area contributed by atoms with E-state index in [1.54, 1.807) is 26.2 Å². The fraction of sp³-hybridized carbons (Fsp3) is 0.333. The summed E-state index contributed by atoms with van der Waals surface area (Å²) < 4.78 is 24.1. The van der Waals surface area contributed by atoms with Crippen molar-refractivity contribution in [3.8, 4) is 11.8 Å². The summed E-state index contributed by atoms with van der Waals surface area (Å²) in [5.41, 5.74) is 1.28. The van der Waals surface area contributed by atoms with Crippen molar-refractivity contribution in [1.29, 1.82) is 0 Å². The van der Waals surface area contributed by atoms with E-state index < -0.39 is 10.0 Å². The Bertz CT molecular complexity index is 583. The second-order valence-electron chi connectivity index (χ2n) is 3.95. The molecule has 0 aliphatic carbocycles. The van der Waals surface area contributed by atoms with Crippen molar-refractivity contribution < 1.29 is 13.5 Å². The van der Waals surface area contributed by atoms with Crippen LogP contribution in [0.25, 0.3) is 0 Å². The molecular weight excluding hydrogens is 252 g/mol. The smallest absolute Gasteiger partial charge is 0.254 e. The lowest BCUT2D eigenvalue weighted by molar-refractivity contribution is 0.350. The molecule has 0 amide bonds. The van der Waals surface area contributed by atoms with E-state index in [9.17, 15) is 8.42 Å². The molecular formula is C12H16N2O3S. The highest BCUT2D eigenvalue weighted by Crippen LogP contribution is 2.16. The molecule has 1 aromatic carbocycles. The van der Waals surface area contributed by atoms with Gasteiger partial charge in [0.2, 0.25) is 0 Å². The van der Waals surface area contributed by atoms with Crippen LogP contribution in [0.1, 0.15) is 11.1 Å². The SMILES string of the molecule is Cc1ccc(S(=O)(=O)NN(C)C)c(C#CCO)c1. The minimum atomic E-state index is -3.65. The lowest BCUT2D eigenvalue weighted by Gasteiger charge is -2.13. The molecule has 5 nitrogen and oxygen atoms in total. The van der Waals surface area contributed by atoms with Gasteiger partial charge >= 0.3 is 0 Å². The largest absolute Gasteiger partial charge is 0.384 e. The Kier molecular flexibility index (Phi) is 4.87. The molecule has 0 aliphatic rings. The van der Waals surface area contributed by atoms with Gasteiger partial charge in [0.05, 0.1) is 4.90 Å². The van der Waals surface area contributed by atoms with E-state index in [0.717, 1.165) is 5.56 Å². The Morgan fingerprint density at radius 3 is 2.61 bits per heavy atom. The third-order valence-corrected chi connectivity index (χ3v) is 3.57. The van der Waals surface area contributed by atoms with Crippen LogP contribution in [-0.2, 0) is 10.0 Å². The molecule has 0 radical (unpaired) electrons. The summed E-state index contributed by atoms with van der Waals surface area (Å²) in [6.07, 6.45) is 0. The molecule has 1 aromatic rings. The molecule has 0 aromatic heterocycles. The predicted molar refractivity (Wildman–Crippen MR) is 69.2 cm³/mol. The van der Waals surface area contributed by atoms with Gasteiger partial charge in [-0.2, -0.15) is 0 Å². The normalized spacial score (nSPS) is 11.2. The van der Waals surface area contributed by atoms with E-state index in [2.05, 4.69) is 16.7 Å². The predicted octanol–water partition coefficient (Wildman–Crippen LogP) is 0.0937. The number of sulfonamides is 1. The summed E-state index contributed by atoms with van der Waals surface area (Å²) in [6.45, 7) is 1.54. The molecule has 18 heavy (non-hydrogen) atoms. The van der Waals surface area contributed by atoms with Crippen molar-refractivity contribution in [3.63, 3.8) is 0 Å². The summed E-state index contributed by atoms with van der Waals surface area (Å²) in [6, 6.07) is 4.88. The number of aliphatic hydroxyl groups excluding tert-OH is 1. The average Bonchev–Trinajstić information content (AvgIpc) is 2.24. The van der Waals surface area contributed by atoms with Gasteiger partial charge in [-0.3, -0.25) is 0 Å². The zero-order valence-electron chi connectivity index (χ0n) is 10.6. The molecule has 0 aliphatic heterocycles. The standard InChI is InChI=1S/C12H16N2O3S/c1-10-6-7-12(11(9-10)5-4-8-15)18(16,17)13-14(2)3/h6-7,9,13,15H,8H2,1-3H3. The Labute approximate surface area is 107 Å². The molecule has 1 rings (SSSR count). The molecule has 0 fully saturated rings. The lowest BCUT2D eigenvalue weighted by Crippen LogP contribution is -2.36. The molecule has 2 N–H and O–H groups in total. The van der Waals surface area contributed by atoms with Gasteiger partial charge in [0.1, 0.15) is 6.61 Å². The number of hydrogen-bond acceptors (Lipinski definition) is 4. The van der Waals surface area contributed by atoms with Crippen molar-refractivity contribution in [3.05, 3.63) is 29.3 Å². The van der Waals surface area contributed by atoms with E-state index in [-0.39, 0.29) is 11.5 Å². The van der Waals surface area contributed by atoms with Gasteiger partial charge in [-0.25, -0.2) is 13.4 Å². The minimum Gasteiger partial charge on any atom is -0.384 e. The van der Waals surface area contributed by atoms with Gasteiger partial charge in [-0.1, -0.05) is 17.9 Å². The summed E-state index contributed by atoms with van der Waals surface area (Å²) in [5.74, 6) is 5.10. The van der Waals surface area contributed by atoms with Crippen LogP contribution >= 0.6 is 0 Å². The number of aliphatic hydroxyl groups is 1. The molecule has 0 saturated carbocycles. The average molecular weight is 268 g/mol. The van der Waals surface area contributed by atoms with Crippen LogP contribution in [0.15, 0.2) is 23.1 Å². The fourth-order valence-electron chi connectivity index (χ4n) is 1.40. The van der Waals surface area contributed by atoms with E-state index >= 15 is 0 Å². The Balaban J connectivity index is 3.32. The quantitative estimate of drug-likeness (QED) is 0.602. The maximum Gasteiger partial charge on any atom is 0.254 e. The first-order valence-electron chi connectivity index (χ1n) is 5.27. The van der Waals surface area contributed by atoms with Gasteiger partial charge in [0, 0.05) is 19.7 Å². The van der Waals surface area contributed by atoms with Gasteiger partial charge in [0.25, 0.3) is 10.0 Å². The highest BCUT2D eigenvalue weighted by molar-refractivity contribution is 7.89. The van der Waals surface area contributed by atoms with Crippen LogP contribution in [0.2, 0.25) is 0 Å².